The van der Waals surface area contributed by atoms with Gasteiger partial charge in [0.15, 0.2) is 0 Å². The van der Waals surface area contributed by atoms with Crippen LogP contribution >= 0.6 is 0 Å². The van der Waals surface area contributed by atoms with Crippen molar-refractivity contribution in [1.29, 1.82) is 0 Å². The van der Waals surface area contributed by atoms with Crippen molar-refractivity contribution in [1.82, 2.24) is 5.32 Å². The third-order valence-electron chi connectivity index (χ3n) is 3.91. The third-order valence-corrected chi connectivity index (χ3v) is 3.91. The summed E-state index contributed by atoms with van der Waals surface area (Å²) in [6, 6.07) is 0. The minimum atomic E-state index is -0.389. The molecule has 2 aliphatic carbocycles. The van der Waals surface area contributed by atoms with E-state index in [1.54, 1.807) is 0 Å². The van der Waals surface area contributed by atoms with Crippen molar-refractivity contribution in [3.8, 4) is 0 Å². The zero-order chi connectivity index (χ0) is 10.6. The minimum absolute atomic E-state index is 0.389. The second kappa shape index (κ2) is 5.31. The summed E-state index contributed by atoms with van der Waals surface area (Å²) in [7, 11) is 0. The maximum atomic E-state index is 10.4. The molecule has 0 atom stereocenters. The normalized spacial score (nSPS) is 26.2. The van der Waals surface area contributed by atoms with Crippen LogP contribution in [0.5, 0.6) is 0 Å². The molecule has 0 aliphatic heterocycles. The fourth-order valence-electron chi connectivity index (χ4n) is 2.60. The number of aliphatic hydroxyl groups is 1. The van der Waals surface area contributed by atoms with Crippen LogP contribution in [0.4, 0.5) is 0 Å². The zero-order valence-electron chi connectivity index (χ0n) is 9.80. The van der Waals surface area contributed by atoms with Gasteiger partial charge >= 0.3 is 0 Å². The Morgan fingerprint density at radius 3 is 2.33 bits per heavy atom. The molecule has 0 heterocycles. The standard InChI is InChI=1S/C13H25NO/c15-13(8-3-1-2-4-9-13)11-14-10-7-12-5-6-12/h12,14-15H,1-11H2. The topological polar surface area (TPSA) is 32.3 Å². The van der Waals surface area contributed by atoms with Crippen LogP contribution in [0.1, 0.15) is 57.8 Å². The van der Waals surface area contributed by atoms with E-state index in [-0.39, 0.29) is 5.60 Å². The average molecular weight is 211 g/mol. The highest BCUT2D eigenvalue weighted by molar-refractivity contribution is 4.83. The van der Waals surface area contributed by atoms with Crippen molar-refractivity contribution >= 4 is 0 Å². The molecule has 88 valence electrons. The molecule has 0 saturated heterocycles. The predicted molar refractivity (Wildman–Crippen MR) is 62.9 cm³/mol. The van der Waals surface area contributed by atoms with E-state index in [2.05, 4.69) is 5.32 Å². The van der Waals surface area contributed by atoms with E-state index in [0.29, 0.717) is 0 Å². The first-order chi connectivity index (χ1) is 7.29. The quantitative estimate of drug-likeness (QED) is 0.541. The molecule has 0 unspecified atom stereocenters. The molecular formula is C13H25NO. The van der Waals surface area contributed by atoms with E-state index in [9.17, 15) is 5.11 Å². The van der Waals surface area contributed by atoms with Crippen molar-refractivity contribution in [3.05, 3.63) is 0 Å². The summed E-state index contributed by atoms with van der Waals surface area (Å²) in [6.07, 6.45) is 11.2. The van der Waals surface area contributed by atoms with Gasteiger partial charge in [0.2, 0.25) is 0 Å². The van der Waals surface area contributed by atoms with Gasteiger partial charge in [0.1, 0.15) is 0 Å². The lowest BCUT2D eigenvalue weighted by Gasteiger charge is -2.27. The van der Waals surface area contributed by atoms with Gasteiger partial charge in [-0.15, -0.1) is 0 Å². The Morgan fingerprint density at radius 2 is 1.73 bits per heavy atom. The summed E-state index contributed by atoms with van der Waals surface area (Å²) >= 11 is 0. The maximum absolute atomic E-state index is 10.4. The highest BCUT2D eigenvalue weighted by Crippen LogP contribution is 2.32. The van der Waals surface area contributed by atoms with Gasteiger partial charge in [-0.1, -0.05) is 38.5 Å². The van der Waals surface area contributed by atoms with Crippen LogP contribution in [0.3, 0.4) is 0 Å². The summed E-state index contributed by atoms with van der Waals surface area (Å²) in [5, 5.41) is 13.8. The van der Waals surface area contributed by atoms with Crippen molar-refractivity contribution in [2.45, 2.75) is 63.4 Å². The monoisotopic (exact) mass is 211 g/mol. The molecule has 0 radical (unpaired) electrons. The Labute approximate surface area is 93.5 Å². The van der Waals surface area contributed by atoms with Crippen LogP contribution in [0, 0.1) is 5.92 Å². The van der Waals surface area contributed by atoms with Gasteiger partial charge in [-0.2, -0.15) is 0 Å². The van der Waals surface area contributed by atoms with Gasteiger partial charge < -0.3 is 10.4 Å². The average Bonchev–Trinajstić information content (AvgIpc) is 3.01. The van der Waals surface area contributed by atoms with E-state index >= 15 is 0 Å². The lowest BCUT2D eigenvalue weighted by Crippen LogP contribution is -2.40. The third kappa shape index (κ3) is 4.12. The molecule has 0 aromatic carbocycles. The second-order valence-electron chi connectivity index (χ2n) is 5.55. The Bertz CT molecular complexity index is 181. The van der Waals surface area contributed by atoms with Crippen molar-refractivity contribution in [2.75, 3.05) is 13.1 Å². The van der Waals surface area contributed by atoms with Gasteiger partial charge in [0.25, 0.3) is 0 Å². The molecule has 0 bridgehead atoms. The van der Waals surface area contributed by atoms with Crippen LogP contribution in [-0.2, 0) is 0 Å². The molecule has 2 fully saturated rings. The molecule has 0 amide bonds. The van der Waals surface area contributed by atoms with Crippen molar-refractivity contribution < 1.29 is 5.11 Å². The van der Waals surface area contributed by atoms with Gasteiger partial charge in [-0.3, -0.25) is 0 Å². The predicted octanol–water partition coefficient (Wildman–Crippen LogP) is 2.46. The Hall–Kier alpha value is -0.0800. The van der Waals surface area contributed by atoms with E-state index in [1.807, 2.05) is 0 Å². The molecule has 2 nitrogen and oxygen atoms in total. The summed E-state index contributed by atoms with van der Waals surface area (Å²) in [4.78, 5) is 0. The maximum Gasteiger partial charge on any atom is 0.0771 e. The van der Waals surface area contributed by atoms with Crippen LogP contribution in [0.25, 0.3) is 0 Å². The molecule has 0 aromatic heterocycles. The molecule has 0 aromatic rings. The fourth-order valence-corrected chi connectivity index (χ4v) is 2.60. The van der Waals surface area contributed by atoms with E-state index in [0.717, 1.165) is 31.8 Å². The van der Waals surface area contributed by atoms with E-state index in [1.165, 1.54) is 44.9 Å². The highest BCUT2D eigenvalue weighted by atomic mass is 16.3. The zero-order valence-corrected chi connectivity index (χ0v) is 9.80. The molecule has 2 saturated carbocycles. The molecule has 0 spiro atoms. The molecular weight excluding hydrogens is 186 g/mol. The molecule has 15 heavy (non-hydrogen) atoms. The number of hydrogen-bond acceptors (Lipinski definition) is 2. The van der Waals surface area contributed by atoms with Gasteiger partial charge in [-0.25, -0.2) is 0 Å². The van der Waals surface area contributed by atoms with E-state index in [4.69, 9.17) is 0 Å². The Morgan fingerprint density at radius 1 is 1.07 bits per heavy atom. The first kappa shape index (κ1) is 11.4. The summed E-state index contributed by atoms with van der Waals surface area (Å²) in [5.74, 6) is 1.00. The smallest absolute Gasteiger partial charge is 0.0771 e. The van der Waals surface area contributed by atoms with Crippen LogP contribution in [0.15, 0.2) is 0 Å². The minimum Gasteiger partial charge on any atom is -0.389 e. The molecule has 2 N–H and O–H groups in total. The summed E-state index contributed by atoms with van der Waals surface area (Å²) < 4.78 is 0. The Kier molecular flexibility index (Phi) is 4.04. The number of hydrogen-bond donors (Lipinski definition) is 2. The van der Waals surface area contributed by atoms with E-state index < -0.39 is 0 Å². The van der Waals surface area contributed by atoms with Crippen LogP contribution < -0.4 is 5.32 Å². The molecule has 2 rings (SSSR count). The first-order valence-electron chi connectivity index (χ1n) is 6.72. The van der Waals surface area contributed by atoms with Crippen LogP contribution in [0.2, 0.25) is 0 Å². The van der Waals surface area contributed by atoms with Crippen molar-refractivity contribution in [3.63, 3.8) is 0 Å². The fraction of sp³-hybridized carbons (Fsp3) is 1.00. The lowest BCUT2D eigenvalue weighted by atomic mass is 9.94. The first-order valence-corrected chi connectivity index (χ1v) is 6.72. The Balaban J connectivity index is 1.61. The number of rotatable bonds is 5. The molecule has 2 aliphatic rings. The van der Waals surface area contributed by atoms with Crippen molar-refractivity contribution in [2.24, 2.45) is 5.92 Å². The highest BCUT2D eigenvalue weighted by Gasteiger charge is 2.27. The van der Waals surface area contributed by atoms with Gasteiger partial charge in [-0.05, 0) is 31.7 Å². The second-order valence-corrected chi connectivity index (χ2v) is 5.55. The SMILES string of the molecule is OC1(CNCCC2CC2)CCCCCC1. The lowest BCUT2D eigenvalue weighted by molar-refractivity contribution is 0.0254. The molecule has 2 heteroatoms. The summed E-state index contributed by atoms with van der Waals surface area (Å²) in [6.45, 7) is 1.92. The largest absolute Gasteiger partial charge is 0.389 e. The van der Waals surface area contributed by atoms with Crippen LogP contribution in [-0.4, -0.2) is 23.8 Å². The van der Waals surface area contributed by atoms with Gasteiger partial charge in [0, 0.05) is 6.54 Å². The number of nitrogens with one attached hydrogen (secondary N) is 1. The summed E-state index contributed by atoms with van der Waals surface area (Å²) in [5.41, 5.74) is -0.389. The van der Waals surface area contributed by atoms with Gasteiger partial charge in [0.05, 0.1) is 5.60 Å².